The van der Waals surface area contributed by atoms with Crippen molar-refractivity contribution in [2.75, 3.05) is 13.3 Å². The van der Waals surface area contributed by atoms with Gasteiger partial charge in [-0.3, -0.25) is 0 Å². The van der Waals surface area contributed by atoms with Gasteiger partial charge in [0.05, 0.1) is 0 Å². The predicted molar refractivity (Wildman–Crippen MR) is 60.0 cm³/mol. The number of fused-ring (bicyclic) bond motifs is 5. The van der Waals surface area contributed by atoms with Crippen LogP contribution >= 0.6 is 0 Å². The fraction of sp³-hybridized carbons (Fsp3) is 0.538. The largest absolute Gasteiger partial charge is 0.454 e. The third kappa shape index (κ3) is 1.07. The van der Waals surface area contributed by atoms with Gasteiger partial charge in [-0.25, -0.2) is 0 Å². The van der Waals surface area contributed by atoms with Crippen LogP contribution in [0.4, 0.5) is 0 Å². The van der Waals surface area contributed by atoms with Crippen LogP contribution in [0.15, 0.2) is 12.1 Å². The minimum absolute atomic E-state index is 0.387. The molecule has 1 fully saturated rings. The molecule has 0 spiro atoms. The van der Waals surface area contributed by atoms with Crippen LogP contribution in [0.5, 0.6) is 11.5 Å². The van der Waals surface area contributed by atoms with Crippen molar-refractivity contribution in [3.05, 3.63) is 23.3 Å². The Balaban J connectivity index is 1.86. The monoisotopic (exact) mass is 217 g/mol. The lowest BCUT2D eigenvalue weighted by Crippen LogP contribution is -2.30. The van der Waals surface area contributed by atoms with Crippen molar-refractivity contribution in [2.24, 2.45) is 0 Å². The van der Waals surface area contributed by atoms with Crippen LogP contribution in [0.25, 0.3) is 0 Å². The first-order chi connectivity index (χ1) is 7.93. The van der Waals surface area contributed by atoms with E-state index in [-0.39, 0.29) is 0 Å². The Kier molecular flexibility index (Phi) is 1.74. The summed E-state index contributed by atoms with van der Waals surface area (Å²) in [5.41, 5.74) is 2.89. The van der Waals surface area contributed by atoms with Gasteiger partial charge < -0.3 is 14.8 Å². The molecule has 0 bridgehead atoms. The second kappa shape index (κ2) is 3.14. The Hall–Kier alpha value is -1.22. The molecule has 0 amide bonds. The fourth-order valence-electron chi connectivity index (χ4n) is 3.39. The Morgan fingerprint density at radius 2 is 2.19 bits per heavy atom. The predicted octanol–water partition coefficient (Wildman–Crippen LogP) is 1.81. The molecule has 0 radical (unpaired) electrons. The number of hydrogen-bond acceptors (Lipinski definition) is 3. The summed E-state index contributed by atoms with van der Waals surface area (Å²) in [6, 6.07) is 5.00. The molecule has 3 nitrogen and oxygen atoms in total. The first-order valence-corrected chi connectivity index (χ1v) is 6.08. The molecule has 1 aromatic rings. The summed E-state index contributed by atoms with van der Waals surface area (Å²) in [5.74, 6) is 2.64. The fourth-order valence-corrected chi connectivity index (χ4v) is 3.39. The standard InChI is InChI=1S/C13H15NO2/c1-3-11-9(5-6-14-11)8-2-4-12-13(10(1)8)16-7-15-12/h2,4,9,11,14H,1,3,5-7H2. The van der Waals surface area contributed by atoms with Gasteiger partial charge in [0.15, 0.2) is 11.5 Å². The maximum Gasteiger partial charge on any atom is 0.231 e. The second-order valence-corrected chi connectivity index (χ2v) is 4.86. The van der Waals surface area contributed by atoms with E-state index in [9.17, 15) is 0 Å². The Morgan fingerprint density at radius 1 is 1.19 bits per heavy atom. The Labute approximate surface area is 94.7 Å². The molecule has 1 aromatic carbocycles. The zero-order valence-electron chi connectivity index (χ0n) is 9.16. The van der Waals surface area contributed by atoms with Gasteiger partial charge in [-0.15, -0.1) is 0 Å². The van der Waals surface area contributed by atoms with Crippen LogP contribution in [0.2, 0.25) is 0 Å². The van der Waals surface area contributed by atoms with Gasteiger partial charge in [0.2, 0.25) is 6.79 Å². The molecular formula is C13H15NO2. The van der Waals surface area contributed by atoms with Crippen LogP contribution in [0.3, 0.4) is 0 Å². The third-order valence-corrected chi connectivity index (χ3v) is 4.13. The van der Waals surface area contributed by atoms with Crippen LogP contribution < -0.4 is 14.8 Å². The van der Waals surface area contributed by atoms with E-state index in [1.807, 2.05) is 0 Å². The molecule has 1 N–H and O–H groups in total. The second-order valence-electron chi connectivity index (χ2n) is 4.86. The number of benzene rings is 1. The molecule has 3 aliphatic rings. The highest BCUT2D eigenvalue weighted by molar-refractivity contribution is 5.54. The van der Waals surface area contributed by atoms with E-state index in [0.717, 1.165) is 24.5 Å². The zero-order chi connectivity index (χ0) is 10.5. The third-order valence-electron chi connectivity index (χ3n) is 4.13. The maximum atomic E-state index is 5.60. The van der Waals surface area contributed by atoms with Gasteiger partial charge in [0.25, 0.3) is 0 Å². The molecule has 3 heteroatoms. The van der Waals surface area contributed by atoms with Crippen molar-refractivity contribution in [3.8, 4) is 11.5 Å². The Morgan fingerprint density at radius 3 is 3.19 bits per heavy atom. The van der Waals surface area contributed by atoms with E-state index in [1.54, 1.807) is 0 Å². The molecular weight excluding hydrogens is 202 g/mol. The highest BCUT2D eigenvalue weighted by Gasteiger charge is 2.35. The minimum Gasteiger partial charge on any atom is -0.454 e. The summed E-state index contributed by atoms with van der Waals surface area (Å²) in [4.78, 5) is 0. The summed E-state index contributed by atoms with van der Waals surface area (Å²) in [6.45, 7) is 1.54. The maximum absolute atomic E-state index is 5.60. The summed E-state index contributed by atoms with van der Waals surface area (Å²) in [5, 5.41) is 3.60. The summed E-state index contributed by atoms with van der Waals surface area (Å²) in [6.07, 6.45) is 3.62. The lowest BCUT2D eigenvalue weighted by Gasteiger charge is -2.28. The first kappa shape index (κ1) is 8.88. The molecule has 0 saturated carbocycles. The van der Waals surface area contributed by atoms with E-state index in [0.29, 0.717) is 18.8 Å². The number of rotatable bonds is 0. The van der Waals surface area contributed by atoms with Crippen molar-refractivity contribution in [3.63, 3.8) is 0 Å². The van der Waals surface area contributed by atoms with Crippen molar-refractivity contribution >= 4 is 0 Å². The van der Waals surface area contributed by atoms with Gasteiger partial charge in [-0.1, -0.05) is 6.07 Å². The van der Waals surface area contributed by atoms with Crippen LogP contribution in [-0.4, -0.2) is 19.4 Å². The van der Waals surface area contributed by atoms with Crippen molar-refractivity contribution in [1.82, 2.24) is 5.32 Å². The van der Waals surface area contributed by atoms with Gasteiger partial charge in [-0.2, -0.15) is 0 Å². The van der Waals surface area contributed by atoms with Crippen LogP contribution in [0.1, 0.15) is 29.9 Å². The lowest BCUT2D eigenvalue weighted by atomic mass is 9.79. The van der Waals surface area contributed by atoms with Crippen molar-refractivity contribution in [2.45, 2.75) is 31.2 Å². The molecule has 0 aromatic heterocycles. The first-order valence-electron chi connectivity index (χ1n) is 6.08. The molecule has 84 valence electrons. The van der Waals surface area contributed by atoms with E-state index in [4.69, 9.17) is 9.47 Å². The number of ether oxygens (including phenoxy) is 2. The topological polar surface area (TPSA) is 30.5 Å². The number of nitrogens with one attached hydrogen (secondary N) is 1. The molecule has 2 atom stereocenters. The summed E-state index contributed by atoms with van der Waals surface area (Å²) in [7, 11) is 0. The van der Waals surface area contributed by atoms with E-state index in [2.05, 4.69) is 17.4 Å². The normalized spacial score (nSPS) is 30.0. The van der Waals surface area contributed by atoms with Gasteiger partial charge in [0, 0.05) is 17.5 Å². The summed E-state index contributed by atoms with van der Waals surface area (Å²) >= 11 is 0. The highest BCUT2D eigenvalue weighted by Crippen LogP contribution is 2.46. The smallest absolute Gasteiger partial charge is 0.231 e. The van der Waals surface area contributed by atoms with Crippen molar-refractivity contribution in [1.29, 1.82) is 0 Å². The zero-order valence-corrected chi connectivity index (χ0v) is 9.16. The van der Waals surface area contributed by atoms with E-state index < -0.39 is 0 Å². The van der Waals surface area contributed by atoms with E-state index in [1.165, 1.54) is 24.0 Å². The van der Waals surface area contributed by atoms with E-state index >= 15 is 0 Å². The lowest BCUT2D eigenvalue weighted by molar-refractivity contribution is 0.173. The van der Waals surface area contributed by atoms with Gasteiger partial charge >= 0.3 is 0 Å². The summed E-state index contributed by atoms with van der Waals surface area (Å²) < 4.78 is 11.0. The molecule has 16 heavy (non-hydrogen) atoms. The number of hydrogen-bond donors (Lipinski definition) is 1. The quantitative estimate of drug-likeness (QED) is 0.719. The average molecular weight is 217 g/mol. The molecule has 2 aliphatic heterocycles. The molecule has 2 unspecified atom stereocenters. The van der Waals surface area contributed by atoms with Gasteiger partial charge in [-0.05, 0) is 37.4 Å². The van der Waals surface area contributed by atoms with Crippen LogP contribution in [0, 0.1) is 0 Å². The SMILES string of the molecule is c1cc2c(c3c1OCO3)CCC1NCCC21. The highest BCUT2D eigenvalue weighted by atomic mass is 16.7. The Bertz CT molecular complexity index is 444. The molecule has 2 heterocycles. The minimum atomic E-state index is 0.387. The molecule has 4 rings (SSSR count). The average Bonchev–Trinajstić information content (AvgIpc) is 2.96. The van der Waals surface area contributed by atoms with Gasteiger partial charge in [0.1, 0.15) is 0 Å². The van der Waals surface area contributed by atoms with Crippen molar-refractivity contribution < 1.29 is 9.47 Å². The molecule has 1 saturated heterocycles. The van der Waals surface area contributed by atoms with Crippen LogP contribution in [-0.2, 0) is 6.42 Å². The molecule has 1 aliphatic carbocycles.